The van der Waals surface area contributed by atoms with Gasteiger partial charge in [0.1, 0.15) is 0 Å². The highest BCUT2D eigenvalue weighted by atomic mass is 14.9. The molecule has 1 aliphatic carbocycles. The minimum Gasteiger partial charge on any atom is -0.327 e. The van der Waals surface area contributed by atoms with Crippen molar-refractivity contribution in [1.82, 2.24) is 0 Å². The molecular weight excluding hydrogens is 124 g/mol. The molecule has 1 saturated carbocycles. The monoisotopic (exact) mass is 142 g/mol. The van der Waals surface area contributed by atoms with Gasteiger partial charge in [0, 0.05) is 11.6 Å². The van der Waals surface area contributed by atoms with Crippen LogP contribution >= 0.6 is 0 Å². The molecule has 0 saturated heterocycles. The zero-order valence-electron chi connectivity index (χ0n) is 7.31. The van der Waals surface area contributed by atoms with Crippen molar-refractivity contribution in [2.45, 2.75) is 39.3 Å². The number of hydrogen-bond acceptors (Lipinski definition) is 2. The lowest BCUT2D eigenvalue weighted by molar-refractivity contribution is -0.0478. The molecule has 10 heavy (non-hydrogen) atoms. The molecule has 3 atom stereocenters. The summed E-state index contributed by atoms with van der Waals surface area (Å²) in [5.74, 6) is 0.447. The third-order valence-corrected chi connectivity index (χ3v) is 3.71. The lowest BCUT2D eigenvalue weighted by Gasteiger charge is -2.62. The first-order valence-electron chi connectivity index (χ1n) is 3.86. The number of rotatable bonds is 0. The van der Waals surface area contributed by atoms with Gasteiger partial charge >= 0.3 is 0 Å². The van der Waals surface area contributed by atoms with E-state index in [1.807, 2.05) is 0 Å². The fraction of sp³-hybridized carbons (Fsp3) is 1.00. The van der Waals surface area contributed by atoms with Crippen LogP contribution in [0.5, 0.6) is 0 Å². The van der Waals surface area contributed by atoms with E-state index in [4.69, 9.17) is 11.5 Å². The lowest BCUT2D eigenvalue weighted by atomic mass is 9.49. The van der Waals surface area contributed by atoms with Crippen molar-refractivity contribution in [3.8, 4) is 0 Å². The van der Waals surface area contributed by atoms with E-state index in [2.05, 4.69) is 27.7 Å². The molecule has 0 aliphatic heterocycles. The Kier molecular flexibility index (Phi) is 1.40. The third-order valence-electron chi connectivity index (χ3n) is 3.71. The molecule has 1 fully saturated rings. The molecule has 4 N–H and O–H groups in total. The van der Waals surface area contributed by atoms with Crippen LogP contribution in [0.2, 0.25) is 0 Å². The standard InChI is InChI=1S/C8H18N2/c1-5-6(9)7(2,3)8(5,4)10/h5-6H,9-10H2,1-4H3. The Morgan fingerprint density at radius 2 is 1.60 bits per heavy atom. The molecule has 0 heterocycles. The van der Waals surface area contributed by atoms with E-state index in [-0.39, 0.29) is 17.0 Å². The van der Waals surface area contributed by atoms with Gasteiger partial charge in [-0.05, 0) is 18.3 Å². The van der Waals surface area contributed by atoms with Gasteiger partial charge in [-0.1, -0.05) is 20.8 Å². The van der Waals surface area contributed by atoms with Gasteiger partial charge in [0.05, 0.1) is 0 Å². The number of nitrogens with two attached hydrogens (primary N) is 2. The van der Waals surface area contributed by atoms with Crippen LogP contribution in [0.3, 0.4) is 0 Å². The van der Waals surface area contributed by atoms with Gasteiger partial charge in [0.2, 0.25) is 0 Å². The smallest absolute Gasteiger partial charge is 0.0233 e. The molecule has 0 aromatic rings. The molecule has 0 spiro atoms. The van der Waals surface area contributed by atoms with E-state index in [1.165, 1.54) is 0 Å². The summed E-state index contributed by atoms with van der Waals surface area (Å²) < 4.78 is 0. The van der Waals surface area contributed by atoms with Crippen LogP contribution in [-0.4, -0.2) is 11.6 Å². The van der Waals surface area contributed by atoms with E-state index in [0.717, 1.165) is 0 Å². The van der Waals surface area contributed by atoms with Crippen molar-refractivity contribution >= 4 is 0 Å². The summed E-state index contributed by atoms with van der Waals surface area (Å²) in [5, 5.41) is 0. The summed E-state index contributed by atoms with van der Waals surface area (Å²) in [6, 6.07) is 0.266. The van der Waals surface area contributed by atoms with Gasteiger partial charge in [0.15, 0.2) is 0 Å². The van der Waals surface area contributed by atoms with Gasteiger partial charge in [0.25, 0.3) is 0 Å². The molecule has 1 rings (SSSR count). The molecule has 2 nitrogen and oxygen atoms in total. The van der Waals surface area contributed by atoms with Crippen molar-refractivity contribution in [3.63, 3.8) is 0 Å². The van der Waals surface area contributed by atoms with E-state index in [0.29, 0.717) is 5.92 Å². The lowest BCUT2D eigenvalue weighted by Crippen LogP contribution is -2.76. The second-order valence-electron chi connectivity index (χ2n) is 4.32. The van der Waals surface area contributed by atoms with Crippen LogP contribution in [0.1, 0.15) is 27.7 Å². The largest absolute Gasteiger partial charge is 0.327 e. The maximum Gasteiger partial charge on any atom is 0.0233 e. The first-order valence-corrected chi connectivity index (χ1v) is 3.86. The summed E-state index contributed by atoms with van der Waals surface area (Å²) in [6.45, 7) is 8.48. The highest BCUT2D eigenvalue weighted by molar-refractivity contribution is 5.16. The molecule has 2 heteroatoms. The quantitative estimate of drug-likeness (QED) is 0.523. The molecule has 3 unspecified atom stereocenters. The minimum absolute atomic E-state index is 0.0770. The highest BCUT2D eigenvalue weighted by Crippen LogP contribution is 2.50. The van der Waals surface area contributed by atoms with E-state index in [1.54, 1.807) is 0 Å². The maximum atomic E-state index is 6.05. The second-order valence-corrected chi connectivity index (χ2v) is 4.32. The van der Waals surface area contributed by atoms with Crippen LogP contribution in [0.4, 0.5) is 0 Å². The fourth-order valence-corrected chi connectivity index (χ4v) is 1.85. The van der Waals surface area contributed by atoms with Crippen molar-refractivity contribution in [2.24, 2.45) is 22.8 Å². The summed E-state index contributed by atoms with van der Waals surface area (Å²) >= 11 is 0. The predicted octanol–water partition coefficient (Wildman–Crippen LogP) is 0.707. The maximum absolute atomic E-state index is 6.05. The third kappa shape index (κ3) is 0.611. The first-order chi connectivity index (χ1) is 4.32. The van der Waals surface area contributed by atoms with Crippen molar-refractivity contribution < 1.29 is 0 Å². The zero-order chi connectivity index (χ0) is 8.15. The van der Waals surface area contributed by atoms with Crippen LogP contribution < -0.4 is 11.5 Å². The Morgan fingerprint density at radius 3 is 1.70 bits per heavy atom. The Labute approximate surface area is 63.0 Å². The first kappa shape index (κ1) is 8.02. The molecule has 0 aromatic heterocycles. The minimum atomic E-state index is -0.0770. The average molecular weight is 142 g/mol. The Balaban J connectivity index is 2.82. The van der Waals surface area contributed by atoms with Gasteiger partial charge in [-0.2, -0.15) is 0 Å². The van der Waals surface area contributed by atoms with Crippen molar-refractivity contribution in [2.75, 3.05) is 0 Å². The van der Waals surface area contributed by atoms with Crippen LogP contribution in [0, 0.1) is 11.3 Å². The highest BCUT2D eigenvalue weighted by Gasteiger charge is 2.58. The predicted molar refractivity (Wildman–Crippen MR) is 43.5 cm³/mol. The zero-order valence-corrected chi connectivity index (χ0v) is 7.31. The molecule has 0 bridgehead atoms. The topological polar surface area (TPSA) is 52.0 Å². The summed E-state index contributed by atoms with van der Waals surface area (Å²) in [6.07, 6.45) is 0. The summed E-state index contributed by atoms with van der Waals surface area (Å²) in [7, 11) is 0. The molecular formula is C8H18N2. The van der Waals surface area contributed by atoms with Crippen molar-refractivity contribution in [3.05, 3.63) is 0 Å². The Hall–Kier alpha value is -0.0800. The molecule has 60 valence electrons. The van der Waals surface area contributed by atoms with E-state index < -0.39 is 0 Å². The fourth-order valence-electron chi connectivity index (χ4n) is 1.85. The Bertz CT molecular complexity index is 131. The normalized spacial score (nSPS) is 52.2. The van der Waals surface area contributed by atoms with E-state index >= 15 is 0 Å². The summed E-state index contributed by atoms with van der Waals surface area (Å²) in [5.41, 5.74) is 12.0. The molecule has 0 radical (unpaired) electrons. The van der Waals surface area contributed by atoms with Crippen molar-refractivity contribution in [1.29, 1.82) is 0 Å². The molecule has 1 aliphatic rings. The van der Waals surface area contributed by atoms with Crippen LogP contribution in [0.25, 0.3) is 0 Å². The molecule has 0 aromatic carbocycles. The molecule has 0 amide bonds. The second kappa shape index (κ2) is 1.74. The van der Waals surface area contributed by atoms with Gasteiger partial charge in [-0.15, -0.1) is 0 Å². The summed E-state index contributed by atoms with van der Waals surface area (Å²) in [4.78, 5) is 0. The van der Waals surface area contributed by atoms with Gasteiger partial charge in [-0.25, -0.2) is 0 Å². The van der Waals surface area contributed by atoms with Gasteiger partial charge < -0.3 is 11.5 Å². The SMILES string of the molecule is CC1C(N)C(C)(C)C1(C)N. The Morgan fingerprint density at radius 1 is 1.20 bits per heavy atom. The average Bonchev–Trinajstić information content (AvgIpc) is 1.84. The van der Waals surface area contributed by atoms with Crippen LogP contribution in [0.15, 0.2) is 0 Å². The van der Waals surface area contributed by atoms with E-state index in [9.17, 15) is 0 Å². The number of hydrogen-bond donors (Lipinski definition) is 2. The van der Waals surface area contributed by atoms with Gasteiger partial charge in [-0.3, -0.25) is 0 Å². The van der Waals surface area contributed by atoms with Crippen LogP contribution in [-0.2, 0) is 0 Å².